The monoisotopic (exact) mass is 448 g/mol. The lowest BCUT2D eigenvalue weighted by Gasteiger charge is -2.19. The van der Waals surface area contributed by atoms with E-state index in [-0.39, 0.29) is 11.8 Å². The fourth-order valence-electron chi connectivity index (χ4n) is 2.72. The number of carbonyl (C=O) groups excluding carboxylic acids is 2. The minimum Gasteiger partial charge on any atom is -0.467 e. The predicted octanol–water partition coefficient (Wildman–Crippen LogP) is 4.23. The summed E-state index contributed by atoms with van der Waals surface area (Å²) < 4.78 is 16.1. The molecule has 0 radical (unpaired) electrons. The van der Waals surface area contributed by atoms with Gasteiger partial charge in [0.15, 0.2) is 11.3 Å². The Hall–Kier alpha value is -2.65. The van der Waals surface area contributed by atoms with Gasteiger partial charge in [-0.1, -0.05) is 6.07 Å². The minimum absolute atomic E-state index is 0.0152. The van der Waals surface area contributed by atoms with Gasteiger partial charge in [0.1, 0.15) is 11.8 Å². The summed E-state index contributed by atoms with van der Waals surface area (Å²) in [4.78, 5) is 25.6. The van der Waals surface area contributed by atoms with Gasteiger partial charge in [-0.05, 0) is 51.6 Å². The number of thiophene rings is 1. The van der Waals surface area contributed by atoms with E-state index in [1.165, 1.54) is 11.1 Å². The molecule has 1 aliphatic rings. The largest absolute Gasteiger partial charge is 0.467 e. The number of hydrogen-bond donors (Lipinski definition) is 0. The van der Waals surface area contributed by atoms with Crippen molar-refractivity contribution in [2.45, 2.75) is 12.5 Å². The van der Waals surface area contributed by atoms with E-state index in [1.54, 1.807) is 35.8 Å². The summed E-state index contributed by atoms with van der Waals surface area (Å²) in [5.74, 6) is -0.520. The molecule has 9 heteroatoms. The molecule has 0 aliphatic carbocycles. The number of amides is 1. The molecule has 4 heterocycles. The van der Waals surface area contributed by atoms with E-state index in [2.05, 4.69) is 21.0 Å². The molecular weight excluding hydrogens is 436 g/mol. The molecule has 0 saturated carbocycles. The Morgan fingerprint density at radius 2 is 2.19 bits per heavy atom. The summed E-state index contributed by atoms with van der Waals surface area (Å²) in [5, 5.41) is 7.72. The van der Waals surface area contributed by atoms with Crippen LogP contribution in [0.4, 0.5) is 0 Å². The number of esters is 1. The van der Waals surface area contributed by atoms with Crippen LogP contribution < -0.4 is 0 Å². The van der Waals surface area contributed by atoms with Crippen molar-refractivity contribution in [3.05, 3.63) is 69.1 Å². The molecule has 0 spiro atoms. The average molecular weight is 449 g/mol. The molecule has 0 aromatic carbocycles. The number of carbonyl (C=O) groups is 2. The summed E-state index contributed by atoms with van der Waals surface area (Å²) >= 11 is 4.66. The molecule has 0 N–H and O–H groups in total. The Balaban J connectivity index is 1.49. The molecule has 3 aromatic heterocycles. The van der Waals surface area contributed by atoms with Gasteiger partial charge >= 0.3 is 5.97 Å². The first-order chi connectivity index (χ1) is 13.1. The van der Waals surface area contributed by atoms with E-state index in [1.807, 2.05) is 17.5 Å². The van der Waals surface area contributed by atoms with E-state index in [9.17, 15) is 9.59 Å². The third-order valence-electron chi connectivity index (χ3n) is 3.94. The second-order valence-corrected chi connectivity index (χ2v) is 7.41. The van der Waals surface area contributed by atoms with Gasteiger partial charge in [-0.25, -0.2) is 9.80 Å². The highest BCUT2D eigenvalue weighted by Gasteiger charge is 2.35. The summed E-state index contributed by atoms with van der Waals surface area (Å²) in [5.41, 5.74) is 0.793. The van der Waals surface area contributed by atoms with Crippen molar-refractivity contribution in [1.82, 2.24) is 5.01 Å². The predicted molar refractivity (Wildman–Crippen MR) is 100 cm³/mol. The van der Waals surface area contributed by atoms with Gasteiger partial charge in [-0.3, -0.25) is 4.79 Å². The van der Waals surface area contributed by atoms with Crippen LogP contribution in [0.3, 0.4) is 0 Å². The normalized spacial score (nSPS) is 16.4. The van der Waals surface area contributed by atoms with Crippen LogP contribution in [0.25, 0.3) is 0 Å². The highest BCUT2D eigenvalue weighted by atomic mass is 79.9. The number of rotatable bonds is 5. The zero-order chi connectivity index (χ0) is 18.8. The van der Waals surface area contributed by atoms with Gasteiger partial charge in [0.25, 0.3) is 5.91 Å². The molecule has 27 heavy (non-hydrogen) atoms. The first kappa shape index (κ1) is 17.7. The minimum atomic E-state index is -0.717. The maximum atomic E-state index is 12.7. The summed E-state index contributed by atoms with van der Waals surface area (Å²) in [6, 6.07) is 10.1. The standard InChI is InChI=1S/C18H13BrN2O5S/c19-16-6-5-14(26-16)18(23)25-10-17(22)21-12(13-3-1-7-24-13)9-11(20-21)15-4-2-8-27-15/h1-8,12H,9-10H2. The van der Waals surface area contributed by atoms with Gasteiger partial charge in [0.2, 0.25) is 5.76 Å². The Kier molecular flexibility index (Phi) is 4.95. The molecule has 0 saturated heterocycles. The first-order valence-corrected chi connectivity index (χ1v) is 9.68. The maximum Gasteiger partial charge on any atom is 0.374 e. The lowest BCUT2D eigenvalue weighted by molar-refractivity contribution is -0.136. The van der Waals surface area contributed by atoms with Crippen molar-refractivity contribution in [2.75, 3.05) is 6.61 Å². The van der Waals surface area contributed by atoms with Crippen molar-refractivity contribution in [3.8, 4) is 0 Å². The molecule has 0 fully saturated rings. The molecule has 138 valence electrons. The molecule has 1 amide bonds. The van der Waals surface area contributed by atoms with Crippen LogP contribution in [0.5, 0.6) is 0 Å². The Labute approximate surface area is 166 Å². The van der Waals surface area contributed by atoms with Gasteiger partial charge in [0.05, 0.1) is 16.9 Å². The SMILES string of the molecule is O=C(OCC(=O)N1N=C(c2cccs2)CC1c1ccco1)c1ccc(Br)o1. The number of halogens is 1. The average Bonchev–Trinajstić information content (AvgIpc) is 3.45. The molecule has 0 bridgehead atoms. The molecule has 3 aromatic rings. The van der Waals surface area contributed by atoms with Gasteiger partial charge in [0, 0.05) is 6.42 Å². The van der Waals surface area contributed by atoms with Gasteiger partial charge in [-0.15, -0.1) is 11.3 Å². The molecule has 4 rings (SSSR count). The second-order valence-electron chi connectivity index (χ2n) is 5.68. The van der Waals surface area contributed by atoms with E-state index >= 15 is 0 Å². The Morgan fingerprint density at radius 1 is 1.30 bits per heavy atom. The molecule has 1 atom stereocenters. The van der Waals surface area contributed by atoms with Crippen LogP contribution in [-0.4, -0.2) is 29.2 Å². The Morgan fingerprint density at radius 3 is 2.85 bits per heavy atom. The zero-order valence-electron chi connectivity index (χ0n) is 13.8. The van der Waals surface area contributed by atoms with E-state index < -0.39 is 18.5 Å². The number of hydrazone groups is 1. The van der Waals surface area contributed by atoms with Crippen molar-refractivity contribution in [2.24, 2.45) is 5.10 Å². The lowest BCUT2D eigenvalue weighted by atomic mass is 10.1. The molecular formula is C18H13BrN2O5S. The van der Waals surface area contributed by atoms with Crippen molar-refractivity contribution in [3.63, 3.8) is 0 Å². The van der Waals surface area contributed by atoms with Crippen LogP contribution in [0.2, 0.25) is 0 Å². The number of furan rings is 2. The van der Waals surface area contributed by atoms with Crippen LogP contribution in [-0.2, 0) is 9.53 Å². The number of ether oxygens (including phenoxy) is 1. The summed E-state index contributed by atoms with van der Waals surface area (Å²) in [6.45, 7) is -0.449. The number of nitrogens with zero attached hydrogens (tertiary/aromatic N) is 2. The molecule has 7 nitrogen and oxygen atoms in total. The fourth-order valence-corrected chi connectivity index (χ4v) is 3.75. The summed E-state index contributed by atoms with van der Waals surface area (Å²) in [7, 11) is 0. The Bertz CT molecular complexity index is 978. The first-order valence-electron chi connectivity index (χ1n) is 8.01. The van der Waals surface area contributed by atoms with Gasteiger partial charge in [-0.2, -0.15) is 5.10 Å². The zero-order valence-corrected chi connectivity index (χ0v) is 16.2. The topological polar surface area (TPSA) is 85.3 Å². The third-order valence-corrected chi connectivity index (χ3v) is 5.29. The van der Waals surface area contributed by atoms with Crippen LogP contribution >= 0.6 is 27.3 Å². The van der Waals surface area contributed by atoms with Crippen molar-refractivity contribution in [1.29, 1.82) is 0 Å². The van der Waals surface area contributed by atoms with Crippen molar-refractivity contribution < 1.29 is 23.2 Å². The highest BCUT2D eigenvalue weighted by molar-refractivity contribution is 9.10. The van der Waals surface area contributed by atoms with E-state index in [4.69, 9.17) is 13.6 Å². The smallest absolute Gasteiger partial charge is 0.374 e. The molecule has 1 aliphatic heterocycles. The highest BCUT2D eigenvalue weighted by Crippen LogP contribution is 2.34. The van der Waals surface area contributed by atoms with Crippen molar-refractivity contribution >= 4 is 44.9 Å². The molecule has 1 unspecified atom stereocenters. The van der Waals surface area contributed by atoms with Crippen LogP contribution in [0.1, 0.15) is 33.7 Å². The maximum absolute atomic E-state index is 12.7. The third kappa shape index (κ3) is 3.74. The summed E-state index contributed by atoms with van der Waals surface area (Å²) in [6.07, 6.45) is 2.08. The van der Waals surface area contributed by atoms with Crippen LogP contribution in [0, 0.1) is 0 Å². The van der Waals surface area contributed by atoms with E-state index in [0.29, 0.717) is 16.9 Å². The van der Waals surface area contributed by atoms with Gasteiger partial charge < -0.3 is 13.6 Å². The quantitative estimate of drug-likeness (QED) is 0.545. The van der Waals surface area contributed by atoms with Crippen LogP contribution in [0.15, 0.2) is 66.6 Å². The lowest BCUT2D eigenvalue weighted by Crippen LogP contribution is -2.31. The number of hydrogen-bond acceptors (Lipinski definition) is 7. The second kappa shape index (κ2) is 7.53. The fraction of sp³-hybridized carbons (Fsp3) is 0.167. The van der Waals surface area contributed by atoms with E-state index in [0.717, 1.165) is 10.6 Å².